The third kappa shape index (κ3) is 3.78. The Bertz CT molecular complexity index is 259. The molecule has 0 fully saturated rings. The first-order valence-corrected chi connectivity index (χ1v) is 5.93. The molecule has 0 saturated heterocycles. The minimum atomic E-state index is 0.300. The highest BCUT2D eigenvalue weighted by Crippen LogP contribution is 2.20. The maximum atomic E-state index is 5.66. The highest BCUT2D eigenvalue weighted by atomic mass is 32.1. The zero-order chi connectivity index (χ0) is 10.6. The SMILES string of the molecule is Cc1cc(CNCCC(C)N)sc1C. The van der Waals surface area contributed by atoms with Gasteiger partial charge in [0.1, 0.15) is 0 Å². The van der Waals surface area contributed by atoms with E-state index in [1.54, 1.807) is 0 Å². The van der Waals surface area contributed by atoms with Crippen molar-refractivity contribution >= 4 is 11.3 Å². The van der Waals surface area contributed by atoms with Crippen LogP contribution in [0.1, 0.15) is 28.7 Å². The van der Waals surface area contributed by atoms with Crippen molar-refractivity contribution < 1.29 is 0 Å². The second-order valence-corrected chi connectivity index (χ2v) is 5.24. The van der Waals surface area contributed by atoms with Crippen molar-refractivity contribution in [3.63, 3.8) is 0 Å². The first-order valence-electron chi connectivity index (χ1n) is 5.12. The Kier molecular flexibility index (Phi) is 4.58. The largest absolute Gasteiger partial charge is 0.328 e. The first-order chi connectivity index (χ1) is 6.59. The molecular formula is C11H20N2S. The van der Waals surface area contributed by atoms with Crippen LogP contribution in [0.2, 0.25) is 0 Å². The molecule has 1 rings (SSSR count). The third-order valence-electron chi connectivity index (χ3n) is 2.29. The molecule has 80 valence electrons. The van der Waals surface area contributed by atoms with E-state index in [0.717, 1.165) is 19.5 Å². The Morgan fingerprint density at radius 3 is 2.71 bits per heavy atom. The minimum Gasteiger partial charge on any atom is -0.328 e. The Morgan fingerprint density at radius 2 is 2.21 bits per heavy atom. The summed E-state index contributed by atoms with van der Waals surface area (Å²) in [5.74, 6) is 0. The van der Waals surface area contributed by atoms with Crippen LogP contribution in [-0.2, 0) is 6.54 Å². The number of hydrogen-bond donors (Lipinski definition) is 2. The van der Waals surface area contributed by atoms with Gasteiger partial charge >= 0.3 is 0 Å². The summed E-state index contributed by atoms with van der Waals surface area (Å²) in [4.78, 5) is 2.85. The van der Waals surface area contributed by atoms with Crippen molar-refractivity contribution in [1.29, 1.82) is 0 Å². The number of nitrogens with two attached hydrogens (primary N) is 1. The number of aryl methyl sites for hydroxylation is 2. The van der Waals surface area contributed by atoms with E-state index >= 15 is 0 Å². The van der Waals surface area contributed by atoms with Crippen molar-refractivity contribution in [3.8, 4) is 0 Å². The molecule has 0 spiro atoms. The molecule has 3 heteroatoms. The molecule has 0 bridgehead atoms. The van der Waals surface area contributed by atoms with Gasteiger partial charge in [-0.05, 0) is 45.4 Å². The van der Waals surface area contributed by atoms with Crippen LogP contribution in [0.4, 0.5) is 0 Å². The lowest BCUT2D eigenvalue weighted by Gasteiger charge is -2.05. The summed E-state index contributed by atoms with van der Waals surface area (Å²) in [7, 11) is 0. The van der Waals surface area contributed by atoms with Crippen molar-refractivity contribution in [1.82, 2.24) is 5.32 Å². The summed E-state index contributed by atoms with van der Waals surface area (Å²) in [6.07, 6.45) is 1.04. The van der Waals surface area contributed by atoms with E-state index in [2.05, 4.69) is 25.2 Å². The number of nitrogens with one attached hydrogen (secondary N) is 1. The topological polar surface area (TPSA) is 38.0 Å². The van der Waals surface area contributed by atoms with Crippen molar-refractivity contribution in [3.05, 3.63) is 21.4 Å². The Morgan fingerprint density at radius 1 is 1.50 bits per heavy atom. The lowest BCUT2D eigenvalue weighted by Crippen LogP contribution is -2.23. The molecule has 0 saturated carbocycles. The highest BCUT2D eigenvalue weighted by Gasteiger charge is 2.00. The van der Waals surface area contributed by atoms with Crippen molar-refractivity contribution in [2.45, 2.75) is 39.8 Å². The van der Waals surface area contributed by atoms with Gasteiger partial charge in [0.15, 0.2) is 0 Å². The van der Waals surface area contributed by atoms with E-state index in [0.29, 0.717) is 6.04 Å². The first kappa shape index (κ1) is 11.7. The zero-order valence-electron chi connectivity index (χ0n) is 9.26. The Labute approximate surface area is 90.5 Å². The van der Waals surface area contributed by atoms with E-state index in [-0.39, 0.29) is 0 Å². The van der Waals surface area contributed by atoms with Gasteiger partial charge in [-0.1, -0.05) is 0 Å². The van der Waals surface area contributed by atoms with E-state index in [9.17, 15) is 0 Å². The fourth-order valence-electron chi connectivity index (χ4n) is 1.28. The van der Waals surface area contributed by atoms with Crippen LogP contribution in [0, 0.1) is 13.8 Å². The van der Waals surface area contributed by atoms with Crippen molar-refractivity contribution in [2.24, 2.45) is 5.73 Å². The van der Waals surface area contributed by atoms with Crippen molar-refractivity contribution in [2.75, 3.05) is 6.54 Å². The molecule has 0 radical (unpaired) electrons. The average Bonchev–Trinajstić information content (AvgIpc) is 2.40. The second-order valence-electron chi connectivity index (χ2n) is 3.89. The summed E-state index contributed by atoms with van der Waals surface area (Å²) in [5, 5.41) is 3.40. The Hall–Kier alpha value is -0.380. The quantitative estimate of drug-likeness (QED) is 0.734. The van der Waals surface area contributed by atoms with Gasteiger partial charge in [-0.15, -0.1) is 11.3 Å². The van der Waals surface area contributed by atoms with Crippen LogP contribution < -0.4 is 11.1 Å². The van der Waals surface area contributed by atoms with Crippen LogP contribution in [0.3, 0.4) is 0 Å². The predicted octanol–water partition coefficient (Wildman–Crippen LogP) is 2.19. The fourth-order valence-corrected chi connectivity index (χ4v) is 2.30. The van der Waals surface area contributed by atoms with Gasteiger partial charge in [-0.2, -0.15) is 0 Å². The van der Waals surface area contributed by atoms with Gasteiger partial charge in [-0.25, -0.2) is 0 Å². The highest BCUT2D eigenvalue weighted by molar-refractivity contribution is 7.12. The third-order valence-corrected chi connectivity index (χ3v) is 3.45. The van der Waals surface area contributed by atoms with Crippen LogP contribution in [-0.4, -0.2) is 12.6 Å². The maximum absolute atomic E-state index is 5.66. The van der Waals surface area contributed by atoms with Crippen LogP contribution in [0.25, 0.3) is 0 Å². The summed E-state index contributed by atoms with van der Waals surface area (Å²) in [6, 6.07) is 2.56. The molecule has 0 aliphatic rings. The smallest absolute Gasteiger partial charge is 0.0299 e. The van der Waals surface area contributed by atoms with Gasteiger partial charge < -0.3 is 11.1 Å². The summed E-state index contributed by atoms with van der Waals surface area (Å²) in [5.41, 5.74) is 7.06. The molecule has 0 aromatic carbocycles. The molecule has 2 nitrogen and oxygen atoms in total. The van der Waals surface area contributed by atoms with Crippen LogP contribution >= 0.6 is 11.3 Å². The molecule has 0 aliphatic carbocycles. The molecule has 1 unspecified atom stereocenters. The van der Waals surface area contributed by atoms with E-state index in [1.165, 1.54) is 15.3 Å². The average molecular weight is 212 g/mol. The molecule has 1 aromatic heterocycles. The van der Waals surface area contributed by atoms with Gasteiger partial charge in [-0.3, -0.25) is 0 Å². The standard InChI is InChI=1S/C11H20N2S/c1-8-6-11(14-10(8)3)7-13-5-4-9(2)12/h6,9,13H,4-5,7,12H2,1-3H3. The monoisotopic (exact) mass is 212 g/mol. The summed E-state index contributed by atoms with van der Waals surface area (Å²) >= 11 is 1.88. The van der Waals surface area contributed by atoms with Gasteiger partial charge in [0.05, 0.1) is 0 Å². The molecule has 1 atom stereocenters. The number of hydrogen-bond acceptors (Lipinski definition) is 3. The van der Waals surface area contributed by atoms with E-state index in [1.807, 2.05) is 18.3 Å². The predicted molar refractivity (Wildman–Crippen MR) is 63.8 cm³/mol. The molecule has 0 aliphatic heterocycles. The van der Waals surface area contributed by atoms with E-state index < -0.39 is 0 Å². The molecular weight excluding hydrogens is 192 g/mol. The Balaban J connectivity index is 2.25. The maximum Gasteiger partial charge on any atom is 0.0299 e. The lowest BCUT2D eigenvalue weighted by molar-refractivity contribution is 0.591. The summed E-state index contributed by atoms with van der Waals surface area (Å²) < 4.78 is 0. The molecule has 1 heterocycles. The molecule has 3 N–H and O–H groups in total. The number of thiophene rings is 1. The molecule has 1 aromatic rings. The normalized spacial score (nSPS) is 13.1. The van der Waals surface area contributed by atoms with E-state index in [4.69, 9.17) is 5.73 Å². The van der Waals surface area contributed by atoms with Gasteiger partial charge in [0, 0.05) is 22.3 Å². The minimum absolute atomic E-state index is 0.300. The molecule has 14 heavy (non-hydrogen) atoms. The van der Waals surface area contributed by atoms with Gasteiger partial charge in [0.2, 0.25) is 0 Å². The lowest BCUT2D eigenvalue weighted by atomic mass is 10.2. The fraction of sp³-hybridized carbons (Fsp3) is 0.636. The second kappa shape index (κ2) is 5.49. The number of rotatable bonds is 5. The zero-order valence-corrected chi connectivity index (χ0v) is 10.1. The van der Waals surface area contributed by atoms with Crippen LogP contribution in [0.5, 0.6) is 0 Å². The van der Waals surface area contributed by atoms with Crippen LogP contribution in [0.15, 0.2) is 6.07 Å². The van der Waals surface area contributed by atoms with Gasteiger partial charge in [0.25, 0.3) is 0 Å². The molecule has 0 amide bonds. The summed E-state index contributed by atoms with van der Waals surface area (Å²) in [6.45, 7) is 8.36.